The summed E-state index contributed by atoms with van der Waals surface area (Å²) < 4.78 is 5.43. The molecule has 0 radical (unpaired) electrons. The number of ether oxygens (including phenoxy) is 1. The Morgan fingerprint density at radius 1 is 1.04 bits per heavy atom. The first-order valence-corrected chi connectivity index (χ1v) is 8.63. The van der Waals surface area contributed by atoms with Crippen LogP contribution in [0.2, 0.25) is 0 Å². The number of carbonyl (C=O) groups excluding carboxylic acids is 1. The molecule has 4 nitrogen and oxygen atoms in total. The van der Waals surface area contributed by atoms with E-state index in [1.165, 1.54) is 11.1 Å². The van der Waals surface area contributed by atoms with Crippen LogP contribution >= 0.6 is 0 Å². The van der Waals surface area contributed by atoms with Crippen LogP contribution in [0.4, 0.5) is 5.69 Å². The maximum atomic E-state index is 12.9. The zero-order valence-electron chi connectivity index (χ0n) is 13.7. The monoisotopic (exact) mass is 322 g/mol. The van der Waals surface area contributed by atoms with E-state index in [-0.39, 0.29) is 11.9 Å². The molecule has 0 bridgehead atoms. The van der Waals surface area contributed by atoms with Gasteiger partial charge in [-0.15, -0.1) is 0 Å². The lowest BCUT2D eigenvalue weighted by atomic mass is 10.1. The molecular formula is C20H22N2O2. The molecule has 0 aromatic heterocycles. The maximum absolute atomic E-state index is 12.9. The van der Waals surface area contributed by atoms with Gasteiger partial charge in [-0.05, 0) is 36.1 Å². The Bertz CT molecular complexity index is 738. The number of aryl methyl sites for hydroxylation is 1. The first kappa shape index (κ1) is 15.2. The molecule has 1 saturated heterocycles. The Morgan fingerprint density at radius 3 is 2.67 bits per heavy atom. The topological polar surface area (TPSA) is 41.6 Å². The molecule has 4 rings (SSSR count). The number of anilines is 1. The minimum absolute atomic E-state index is 0.0128. The van der Waals surface area contributed by atoms with E-state index in [9.17, 15) is 4.79 Å². The summed E-state index contributed by atoms with van der Waals surface area (Å²) in [5, 5.41) is 3.23. The van der Waals surface area contributed by atoms with Gasteiger partial charge in [0.1, 0.15) is 0 Å². The zero-order chi connectivity index (χ0) is 16.4. The van der Waals surface area contributed by atoms with E-state index in [1.54, 1.807) is 0 Å². The number of nitrogens with zero attached hydrogens (tertiary/aromatic N) is 1. The zero-order valence-corrected chi connectivity index (χ0v) is 13.7. The van der Waals surface area contributed by atoms with E-state index in [0.717, 1.165) is 37.2 Å². The van der Waals surface area contributed by atoms with E-state index in [4.69, 9.17) is 4.74 Å². The average Bonchev–Trinajstić information content (AvgIpc) is 3.05. The van der Waals surface area contributed by atoms with Crippen molar-refractivity contribution >= 4 is 11.6 Å². The Balaban J connectivity index is 1.55. The van der Waals surface area contributed by atoms with Crippen molar-refractivity contribution in [2.24, 2.45) is 0 Å². The molecule has 1 N–H and O–H groups in total. The fourth-order valence-corrected chi connectivity index (χ4v) is 3.69. The number of morpholine rings is 1. The highest BCUT2D eigenvalue weighted by Gasteiger charge is 2.25. The van der Waals surface area contributed by atoms with Crippen LogP contribution in [0.5, 0.6) is 0 Å². The van der Waals surface area contributed by atoms with Gasteiger partial charge in [-0.2, -0.15) is 0 Å². The summed E-state index contributed by atoms with van der Waals surface area (Å²) in [6.45, 7) is 3.09. The summed E-state index contributed by atoms with van der Waals surface area (Å²) in [6, 6.07) is 16.4. The highest BCUT2D eigenvalue weighted by atomic mass is 16.5. The molecule has 2 aliphatic rings. The summed E-state index contributed by atoms with van der Waals surface area (Å²) in [5.41, 5.74) is 4.37. The van der Waals surface area contributed by atoms with Gasteiger partial charge in [0.25, 0.3) is 5.91 Å². The van der Waals surface area contributed by atoms with Crippen molar-refractivity contribution in [1.82, 2.24) is 5.32 Å². The lowest BCUT2D eigenvalue weighted by Crippen LogP contribution is -2.38. The first-order valence-electron chi connectivity index (χ1n) is 8.63. The molecule has 1 amide bonds. The summed E-state index contributed by atoms with van der Waals surface area (Å²) in [4.78, 5) is 15.1. The van der Waals surface area contributed by atoms with Crippen LogP contribution in [0.25, 0.3) is 0 Å². The molecule has 0 spiro atoms. The van der Waals surface area contributed by atoms with Crippen molar-refractivity contribution in [2.75, 3.05) is 31.2 Å². The van der Waals surface area contributed by atoms with Gasteiger partial charge in [-0.25, -0.2) is 0 Å². The van der Waals surface area contributed by atoms with E-state index in [0.29, 0.717) is 13.2 Å². The van der Waals surface area contributed by atoms with Gasteiger partial charge < -0.3 is 15.0 Å². The smallest absolute Gasteiger partial charge is 0.253 e. The van der Waals surface area contributed by atoms with Crippen LogP contribution in [0.1, 0.15) is 33.9 Å². The molecule has 124 valence electrons. The SMILES string of the molecule is O=C(N[C@H]1CCc2ccccc21)c1ccccc1N1CCOCC1. The average molecular weight is 322 g/mol. The van der Waals surface area contributed by atoms with E-state index in [2.05, 4.69) is 28.4 Å². The molecule has 0 saturated carbocycles. The van der Waals surface area contributed by atoms with Crippen LogP contribution in [0, 0.1) is 0 Å². The molecule has 1 aliphatic heterocycles. The second kappa shape index (κ2) is 6.65. The molecule has 2 aromatic rings. The van der Waals surface area contributed by atoms with Gasteiger partial charge in [0, 0.05) is 18.8 Å². The second-order valence-corrected chi connectivity index (χ2v) is 6.38. The standard InChI is InChI=1S/C20H22N2O2/c23-20(21-18-10-9-15-5-1-2-6-16(15)18)17-7-3-4-8-19(17)22-11-13-24-14-12-22/h1-8,18H,9-14H2,(H,21,23)/t18-/m0/s1. The number of para-hydroxylation sites is 1. The summed E-state index contributed by atoms with van der Waals surface area (Å²) in [7, 11) is 0. The van der Waals surface area contributed by atoms with E-state index in [1.807, 2.05) is 30.3 Å². The lowest BCUT2D eigenvalue weighted by molar-refractivity contribution is 0.0935. The van der Waals surface area contributed by atoms with Crippen molar-refractivity contribution in [3.05, 3.63) is 65.2 Å². The van der Waals surface area contributed by atoms with Crippen molar-refractivity contribution < 1.29 is 9.53 Å². The molecule has 1 fully saturated rings. The van der Waals surface area contributed by atoms with Crippen molar-refractivity contribution in [2.45, 2.75) is 18.9 Å². The third-order valence-corrected chi connectivity index (χ3v) is 4.94. The van der Waals surface area contributed by atoms with Gasteiger partial charge in [0.2, 0.25) is 0 Å². The van der Waals surface area contributed by atoms with Gasteiger partial charge in [-0.3, -0.25) is 4.79 Å². The van der Waals surface area contributed by atoms with Gasteiger partial charge in [-0.1, -0.05) is 36.4 Å². The maximum Gasteiger partial charge on any atom is 0.253 e. The molecule has 2 aromatic carbocycles. The van der Waals surface area contributed by atoms with Crippen LogP contribution in [-0.2, 0) is 11.2 Å². The molecular weight excluding hydrogens is 300 g/mol. The normalized spacial score (nSPS) is 19.8. The third kappa shape index (κ3) is 2.89. The van der Waals surface area contributed by atoms with Crippen LogP contribution in [0.3, 0.4) is 0 Å². The predicted molar refractivity (Wildman–Crippen MR) is 94.4 cm³/mol. The molecule has 4 heteroatoms. The quantitative estimate of drug-likeness (QED) is 0.945. The fourth-order valence-electron chi connectivity index (χ4n) is 3.69. The minimum Gasteiger partial charge on any atom is -0.378 e. The van der Waals surface area contributed by atoms with Gasteiger partial charge in [0.05, 0.1) is 24.8 Å². The number of nitrogens with one attached hydrogen (secondary N) is 1. The number of hydrogen-bond donors (Lipinski definition) is 1. The van der Waals surface area contributed by atoms with Crippen LogP contribution in [0.15, 0.2) is 48.5 Å². The summed E-state index contributed by atoms with van der Waals surface area (Å²) in [5.74, 6) is 0.0128. The van der Waals surface area contributed by atoms with Gasteiger partial charge in [0.15, 0.2) is 0 Å². The highest BCUT2D eigenvalue weighted by Crippen LogP contribution is 2.31. The fraction of sp³-hybridized carbons (Fsp3) is 0.350. The Hall–Kier alpha value is -2.33. The number of benzene rings is 2. The first-order chi connectivity index (χ1) is 11.8. The number of carbonyl (C=O) groups is 1. The molecule has 1 heterocycles. The number of amides is 1. The predicted octanol–water partition coefficient (Wildman–Crippen LogP) is 2.94. The van der Waals surface area contributed by atoms with E-state index < -0.39 is 0 Å². The lowest BCUT2D eigenvalue weighted by Gasteiger charge is -2.30. The molecule has 1 atom stereocenters. The van der Waals surface area contributed by atoms with Crippen molar-refractivity contribution in [3.8, 4) is 0 Å². The largest absolute Gasteiger partial charge is 0.378 e. The second-order valence-electron chi connectivity index (χ2n) is 6.38. The number of fused-ring (bicyclic) bond motifs is 1. The Labute approximate surface area is 142 Å². The highest BCUT2D eigenvalue weighted by molar-refractivity contribution is 6.00. The molecule has 1 aliphatic carbocycles. The minimum atomic E-state index is 0.0128. The van der Waals surface area contributed by atoms with Crippen molar-refractivity contribution in [3.63, 3.8) is 0 Å². The third-order valence-electron chi connectivity index (χ3n) is 4.94. The van der Waals surface area contributed by atoms with Crippen LogP contribution < -0.4 is 10.2 Å². The number of hydrogen-bond acceptors (Lipinski definition) is 3. The summed E-state index contributed by atoms with van der Waals surface area (Å²) in [6.07, 6.45) is 2.01. The van der Waals surface area contributed by atoms with Gasteiger partial charge >= 0.3 is 0 Å². The molecule has 24 heavy (non-hydrogen) atoms. The summed E-state index contributed by atoms with van der Waals surface area (Å²) >= 11 is 0. The Kier molecular flexibility index (Phi) is 4.22. The molecule has 0 unspecified atom stereocenters. The number of rotatable bonds is 3. The Morgan fingerprint density at radius 2 is 1.79 bits per heavy atom. The van der Waals surface area contributed by atoms with Crippen LogP contribution in [-0.4, -0.2) is 32.2 Å². The van der Waals surface area contributed by atoms with Crippen molar-refractivity contribution in [1.29, 1.82) is 0 Å². The van der Waals surface area contributed by atoms with E-state index >= 15 is 0 Å².